The van der Waals surface area contributed by atoms with E-state index in [1.807, 2.05) is 6.07 Å². The molecule has 0 aliphatic heterocycles. The summed E-state index contributed by atoms with van der Waals surface area (Å²) in [5, 5.41) is 6.77. The van der Waals surface area contributed by atoms with Crippen molar-refractivity contribution in [3.63, 3.8) is 0 Å². The van der Waals surface area contributed by atoms with Gasteiger partial charge in [0.25, 0.3) is 0 Å². The van der Waals surface area contributed by atoms with Crippen molar-refractivity contribution in [2.24, 2.45) is 0 Å². The summed E-state index contributed by atoms with van der Waals surface area (Å²) in [7, 11) is -3.49. The van der Waals surface area contributed by atoms with Gasteiger partial charge in [0, 0.05) is 17.5 Å². The molecule has 0 saturated heterocycles. The molecule has 2 aromatic rings. The fourth-order valence-electron chi connectivity index (χ4n) is 1.56. The Balaban J connectivity index is 1.95. The highest BCUT2D eigenvalue weighted by Gasteiger charge is 2.17. The molecule has 2 aromatic heterocycles. The van der Waals surface area contributed by atoms with E-state index in [2.05, 4.69) is 22.1 Å². The third-order valence-electron chi connectivity index (χ3n) is 2.56. The molecule has 0 bridgehead atoms. The average molecular weight is 315 g/mol. The van der Waals surface area contributed by atoms with Gasteiger partial charge >= 0.3 is 0 Å². The molecular formula is C12H17N3O3S2. The van der Waals surface area contributed by atoms with Crippen LogP contribution in [0.15, 0.2) is 33.1 Å². The quantitative estimate of drug-likeness (QED) is 0.725. The van der Waals surface area contributed by atoms with Gasteiger partial charge in [-0.3, -0.25) is 0 Å². The van der Waals surface area contributed by atoms with Crippen molar-refractivity contribution in [3.8, 4) is 0 Å². The predicted molar refractivity (Wildman–Crippen MR) is 76.8 cm³/mol. The SMILES string of the molecule is CCCNCc1ccc(S(=O)(=O)NCc2ccno2)s1. The van der Waals surface area contributed by atoms with E-state index in [1.54, 1.807) is 12.1 Å². The van der Waals surface area contributed by atoms with Gasteiger partial charge < -0.3 is 9.84 Å². The fourth-order valence-corrected chi connectivity index (χ4v) is 3.92. The molecule has 0 amide bonds. The van der Waals surface area contributed by atoms with Crippen LogP contribution in [0.2, 0.25) is 0 Å². The van der Waals surface area contributed by atoms with Gasteiger partial charge in [-0.05, 0) is 25.1 Å². The highest BCUT2D eigenvalue weighted by Crippen LogP contribution is 2.21. The van der Waals surface area contributed by atoms with Crippen LogP contribution in [0.3, 0.4) is 0 Å². The molecule has 0 aliphatic rings. The van der Waals surface area contributed by atoms with Crippen molar-refractivity contribution in [1.29, 1.82) is 0 Å². The van der Waals surface area contributed by atoms with Crippen molar-refractivity contribution < 1.29 is 12.9 Å². The van der Waals surface area contributed by atoms with Crippen LogP contribution in [0, 0.1) is 0 Å². The summed E-state index contributed by atoms with van der Waals surface area (Å²) in [6.07, 6.45) is 2.53. The van der Waals surface area contributed by atoms with Crippen molar-refractivity contribution in [2.75, 3.05) is 6.54 Å². The molecular weight excluding hydrogens is 298 g/mol. The lowest BCUT2D eigenvalue weighted by molar-refractivity contribution is 0.380. The Labute approximate surface area is 122 Å². The summed E-state index contributed by atoms with van der Waals surface area (Å²) in [6, 6.07) is 5.07. The number of hydrogen-bond acceptors (Lipinski definition) is 6. The highest BCUT2D eigenvalue weighted by molar-refractivity contribution is 7.91. The van der Waals surface area contributed by atoms with Crippen LogP contribution in [0.25, 0.3) is 0 Å². The van der Waals surface area contributed by atoms with Gasteiger partial charge in [0.15, 0.2) is 5.76 Å². The second kappa shape index (κ2) is 6.98. The molecule has 0 aliphatic carbocycles. The van der Waals surface area contributed by atoms with E-state index in [4.69, 9.17) is 4.52 Å². The lowest BCUT2D eigenvalue weighted by Gasteiger charge is -2.02. The second-order valence-corrected chi connectivity index (χ2v) is 7.36. The van der Waals surface area contributed by atoms with Crippen LogP contribution in [-0.4, -0.2) is 20.1 Å². The van der Waals surface area contributed by atoms with Gasteiger partial charge in [-0.2, -0.15) is 0 Å². The molecule has 6 nitrogen and oxygen atoms in total. The zero-order chi connectivity index (χ0) is 14.4. The first-order valence-electron chi connectivity index (χ1n) is 6.30. The molecule has 2 N–H and O–H groups in total. The average Bonchev–Trinajstić information content (AvgIpc) is 3.08. The van der Waals surface area contributed by atoms with Crippen LogP contribution in [0.4, 0.5) is 0 Å². The van der Waals surface area contributed by atoms with Gasteiger partial charge in [-0.15, -0.1) is 11.3 Å². The zero-order valence-electron chi connectivity index (χ0n) is 11.1. The Kier molecular flexibility index (Phi) is 5.30. The van der Waals surface area contributed by atoms with Crippen molar-refractivity contribution in [3.05, 3.63) is 35.0 Å². The molecule has 110 valence electrons. The highest BCUT2D eigenvalue weighted by atomic mass is 32.2. The fraction of sp³-hybridized carbons (Fsp3) is 0.417. The van der Waals surface area contributed by atoms with Crippen LogP contribution in [0.5, 0.6) is 0 Å². The molecule has 20 heavy (non-hydrogen) atoms. The Morgan fingerprint density at radius 3 is 2.85 bits per heavy atom. The number of nitrogens with zero attached hydrogens (tertiary/aromatic N) is 1. The molecule has 0 atom stereocenters. The Morgan fingerprint density at radius 2 is 2.15 bits per heavy atom. The third-order valence-corrected chi connectivity index (χ3v) is 5.53. The molecule has 0 spiro atoms. The lowest BCUT2D eigenvalue weighted by atomic mass is 10.4. The maximum atomic E-state index is 12.1. The Bertz CT molecular complexity index is 620. The summed E-state index contributed by atoms with van der Waals surface area (Å²) in [5.41, 5.74) is 0. The van der Waals surface area contributed by atoms with E-state index in [0.717, 1.165) is 17.8 Å². The van der Waals surface area contributed by atoms with E-state index in [-0.39, 0.29) is 6.54 Å². The molecule has 0 fully saturated rings. The van der Waals surface area contributed by atoms with E-state index in [9.17, 15) is 8.42 Å². The summed E-state index contributed by atoms with van der Waals surface area (Å²) in [6.45, 7) is 3.80. The summed E-state index contributed by atoms with van der Waals surface area (Å²) in [5.74, 6) is 0.481. The molecule has 0 radical (unpaired) electrons. The number of nitrogens with one attached hydrogen (secondary N) is 2. The number of sulfonamides is 1. The maximum Gasteiger partial charge on any atom is 0.250 e. The minimum Gasteiger partial charge on any atom is -0.360 e. The molecule has 8 heteroatoms. The van der Waals surface area contributed by atoms with E-state index in [1.165, 1.54) is 17.5 Å². The van der Waals surface area contributed by atoms with E-state index >= 15 is 0 Å². The standard InChI is InChI=1S/C12H17N3O3S2/c1-2-6-13-9-11-3-4-12(19-11)20(16,17)15-8-10-5-7-14-18-10/h3-5,7,13,15H,2,6,8-9H2,1H3. The predicted octanol–water partition coefficient (Wildman–Crippen LogP) is 1.71. The van der Waals surface area contributed by atoms with Gasteiger partial charge in [0.2, 0.25) is 10.0 Å². The molecule has 2 rings (SSSR count). The number of hydrogen-bond donors (Lipinski definition) is 2. The first-order valence-corrected chi connectivity index (χ1v) is 8.60. The minimum absolute atomic E-state index is 0.101. The maximum absolute atomic E-state index is 12.1. The van der Waals surface area contributed by atoms with Crippen molar-refractivity contribution in [2.45, 2.75) is 30.6 Å². The van der Waals surface area contributed by atoms with E-state index in [0.29, 0.717) is 16.5 Å². The normalized spacial score (nSPS) is 11.8. The van der Waals surface area contributed by atoms with E-state index < -0.39 is 10.0 Å². The van der Waals surface area contributed by atoms with Crippen molar-refractivity contribution in [1.82, 2.24) is 15.2 Å². The van der Waals surface area contributed by atoms with Crippen LogP contribution >= 0.6 is 11.3 Å². The molecule has 0 aromatic carbocycles. The topological polar surface area (TPSA) is 84.2 Å². The summed E-state index contributed by atoms with van der Waals surface area (Å²) < 4.78 is 31.8. The minimum atomic E-state index is -3.49. The summed E-state index contributed by atoms with van der Waals surface area (Å²) in [4.78, 5) is 0.999. The smallest absolute Gasteiger partial charge is 0.250 e. The Hall–Kier alpha value is -1.22. The monoisotopic (exact) mass is 315 g/mol. The van der Waals surface area contributed by atoms with Crippen LogP contribution < -0.4 is 10.0 Å². The molecule has 0 unspecified atom stereocenters. The van der Waals surface area contributed by atoms with Crippen LogP contribution in [-0.2, 0) is 23.1 Å². The number of rotatable bonds is 8. The van der Waals surface area contributed by atoms with Gasteiger partial charge in [0.05, 0.1) is 12.7 Å². The third kappa shape index (κ3) is 4.14. The van der Waals surface area contributed by atoms with Gasteiger partial charge in [-0.25, -0.2) is 13.1 Å². The Morgan fingerprint density at radius 1 is 1.30 bits per heavy atom. The van der Waals surface area contributed by atoms with Gasteiger partial charge in [0.1, 0.15) is 4.21 Å². The zero-order valence-corrected chi connectivity index (χ0v) is 12.8. The molecule has 0 saturated carbocycles. The van der Waals surface area contributed by atoms with Crippen molar-refractivity contribution >= 4 is 21.4 Å². The number of thiophene rings is 1. The first kappa shape index (κ1) is 15.2. The molecule has 2 heterocycles. The summed E-state index contributed by atoms with van der Waals surface area (Å²) >= 11 is 1.27. The lowest BCUT2D eigenvalue weighted by Crippen LogP contribution is -2.22. The second-order valence-electron chi connectivity index (χ2n) is 4.20. The van der Waals surface area contributed by atoms with Gasteiger partial charge in [-0.1, -0.05) is 12.1 Å². The largest absolute Gasteiger partial charge is 0.360 e. The first-order chi connectivity index (χ1) is 9.62. The number of aromatic nitrogens is 1. The van der Waals surface area contributed by atoms with Crippen LogP contribution in [0.1, 0.15) is 24.0 Å².